The molecular weight excluding hydrogens is 318 g/mol. The zero-order chi connectivity index (χ0) is 16.3. The zero-order valence-electron chi connectivity index (χ0n) is 13.9. The number of hydrogen-bond donors (Lipinski definition) is 0. The molecule has 0 atom stereocenters. The monoisotopic (exact) mass is 337 g/mol. The van der Waals surface area contributed by atoms with E-state index in [1.807, 2.05) is 12.4 Å². The molecule has 3 aromatic heterocycles. The lowest BCUT2D eigenvalue weighted by molar-refractivity contribution is 0.497. The van der Waals surface area contributed by atoms with Gasteiger partial charge in [0.2, 0.25) is 0 Å². The van der Waals surface area contributed by atoms with Crippen molar-refractivity contribution in [2.45, 2.75) is 38.5 Å². The minimum absolute atomic E-state index is 0.406. The van der Waals surface area contributed by atoms with Crippen LogP contribution in [0.4, 0.5) is 5.82 Å². The fourth-order valence-corrected chi connectivity index (χ4v) is 4.40. The Bertz CT molecular complexity index is 907. The van der Waals surface area contributed by atoms with Gasteiger partial charge in [-0.1, -0.05) is 0 Å². The Labute approximate surface area is 144 Å². The summed E-state index contributed by atoms with van der Waals surface area (Å²) >= 11 is 1.75. The number of fused-ring (bicyclic) bond motifs is 1. The summed E-state index contributed by atoms with van der Waals surface area (Å²) in [6.45, 7) is 6.18. The van der Waals surface area contributed by atoms with Gasteiger partial charge in [-0.2, -0.15) is 0 Å². The summed E-state index contributed by atoms with van der Waals surface area (Å²) in [7, 11) is 0. The molecule has 0 spiro atoms. The van der Waals surface area contributed by atoms with Crippen LogP contribution < -0.4 is 4.90 Å². The van der Waals surface area contributed by atoms with Crippen LogP contribution in [0.2, 0.25) is 0 Å². The molecule has 0 radical (unpaired) electrons. The highest BCUT2D eigenvalue weighted by Gasteiger charge is 2.33. The lowest BCUT2D eigenvalue weighted by Crippen LogP contribution is -2.46. The van der Waals surface area contributed by atoms with Crippen LogP contribution in [-0.2, 0) is 0 Å². The predicted octanol–water partition coefficient (Wildman–Crippen LogP) is 3.58. The third-order valence-electron chi connectivity index (χ3n) is 5.23. The number of nitrogens with zero attached hydrogens (tertiary/aromatic N) is 5. The van der Waals surface area contributed by atoms with Crippen LogP contribution in [0.3, 0.4) is 0 Å². The fourth-order valence-electron chi connectivity index (χ4n) is 3.40. The maximum atomic E-state index is 4.61. The van der Waals surface area contributed by atoms with E-state index in [4.69, 9.17) is 0 Å². The Balaban J connectivity index is 1.38. The van der Waals surface area contributed by atoms with Gasteiger partial charge in [-0.15, -0.1) is 11.3 Å². The first-order valence-electron chi connectivity index (χ1n) is 8.48. The molecule has 0 bridgehead atoms. The number of thiophene rings is 1. The van der Waals surface area contributed by atoms with Gasteiger partial charge >= 0.3 is 0 Å². The second-order valence-electron chi connectivity index (χ2n) is 6.91. The van der Waals surface area contributed by atoms with Gasteiger partial charge in [0, 0.05) is 30.4 Å². The largest absolute Gasteiger partial charge is 0.354 e. The highest BCUT2D eigenvalue weighted by molar-refractivity contribution is 7.18. The second-order valence-corrected chi connectivity index (χ2v) is 8.11. The zero-order valence-corrected chi connectivity index (χ0v) is 14.7. The molecule has 1 aliphatic carbocycles. The van der Waals surface area contributed by atoms with Gasteiger partial charge in [0.15, 0.2) is 0 Å². The van der Waals surface area contributed by atoms with Gasteiger partial charge in [0.05, 0.1) is 11.3 Å². The summed E-state index contributed by atoms with van der Waals surface area (Å²) < 4.78 is 0. The smallest absolute Gasteiger partial charge is 0.141 e. The second kappa shape index (κ2) is 5.21. The van der Waals surface area contributed by atoms with E-state index in [-0.39, 0.29) is 0 Å². The van der Waals surface area contributed by atoms with Crippen LogP contribution in [0.1, 0.15) is 46.5 Å². The van der Waals surface area contributed by atoms with E-state index in [0.29, 0.717) is 5.92 Å². The summed E-state index contributed by atoms with van der Waals surface area (Å²) in [6, 6.07) is 0. The standard InChI is InChI=1S/C18H19N5S/c1-10-11(2)24-18-15(10)17(21-9-22-18)23-7-14(8-23)16-19-5-13(6-20-16)12-3-4-12/h5-6,9,12,14H,3-4,7-8H2,1-2H3. The number of rotatable bonds is 3. The lowest BCUT2D eigenvalue weighted by atomic mass is 9.98. The molecule has 122 valence electrons. The average Bonchev–Trinajstić information content (AvgIpc) is 3.34. The van der Waals surface area contributed by atoms with E-state index in [0.717, 1.165) is 35.5 Å². The lowest BCUT2D eigenvalue weighted by Gasteiger charge is -2.39. The highest BCUT2D eigenvalue weighted by atomic mass is 32.1. The summed E-state index contributed by atoms with van der Waals surface area (Å²) in [5.74, 6) is 3.16. The van der Waals surface area contributed by atoms with Crippen molar-refractivity contribution < 1.29 is 0 Å². The van der Waals surface area contributed by atoms with Crippen molar-refractivity contribution >= 4 is 27.4 Å². The molecule has 5 rings (SSSR count). The molecule has 2 aliphatic rings. The molecule has 3 aromatic rings. The Hall–Kier alpha value is -2.08. The first kappa shape index (κ1) is 14.3. The average molecular weight is 337 g/mol. The molecule has 2 fully saturated rings. The molecule has 4 heterocycles. The minimum Gasteiger partial charge on any atom is -0.354 e. The molecule has 0 N–H and O–H groups in total. The predicted molar refractivity (Wildman–Crippen MR) is 95.9 cm³/mol. The van der Waals surface area contributed by atoms with Crippen LogP contribution in [0.15, 0.2) is 18.7 Å². The molecule has 5 nitrogen and oxygen atoms in total. The normalized spacial score (nSPS) is 18.2. The Morgan fingerprint density at radius 3 is 2.46 bits per heavy atom. The van der Waals surface area contributed by atoms with Gasteiger partial charge in [-0.25, -0.2) is 19.9 Å². The van der Waals surface area contributed by atoms with E-state index in [1.165, 1.54) is 34.2 Å². The first-order chi connectivity index (χ1) is 11.7. The molecule has 1 saturated carbocycles. The van der Waals surface area contributed by atoms with E-state index >= 15 is 0 Å². The summed E-state index contributed by atoms with van der Waals surface area (Å²) in [6.07, 6.45) is 8.32. The topological polar surface area (TPSA) is 54.8 Å². The van der Waals surface area contributed by atoms with Crippen LogP contribution in [0, 0.1) is 13.8 Å². The summed E-state index contributed by atoms with van der Waals surface area (Å²) in [5.41, 5.74) is 2.61. The van der Waals surface area contributed by atoms with Crippen molar-refractivity contribution in [2.24, 2.45) is 0 Å². The van der Waals surface area contributed by atoms with Gasteiger partial charge in [0.1, 0.15) is 22.8 Å². The van der Waals surface area contributed by atoms with Crippen LogP contribution in [0.25, 0.3) is 10.2 Å². The SMILES string of the molecule is Cc1sc2ncnc(N3CC(c4ncc(C5CC5)cn4)C3)c2c1C. The minimum atomic E-state index is 0.406. The Kier molecular flexibility index (Phi) is 3.10. The van der Waals surface area contributed by atoms with Crippen LogP contribution in [-0.4, -0.2) is 33.0 Å². The van der Waals surface area contributed by atoms with E-state index < -0.39 is 0 Å². The first-order valence-corrected chi connectivity index (χ1v) is 9.30. The highest BCUT2D eigenvalue weighted by Crippen LogP contribution is 2.40. The van der Waals surface area contributed by atoms with E-state index in [2.05, 4.69) is 38.7 Å². The molecule has 1 aliphatic heterocycles. The quantitative estimate of drug-likeness (QED) is 0.731. The van der Waals surface area contributed by atoms with Gasteiger partial charge in [-0.3, -0.25) is 0 Å². The fraction of sp³-hybridized carbons (Fsp3) is 0.444. The van der Waals surface area contributed by atoms with Crippen LogP contribution in [0.5, 0.6) is 0 Å². The molecule has 6 heteroatoms. The number of hydrogen-bond acceptors (Lipinski definition) is 6. The Morgan fingerprint density at radius 2 is 1.75 bits per heavy atom. The number of anilines is 1. The molecular formula is C18H19N5S. The van der Waals surface area contributed by atoms with Gasteiger partial charge in [0.25, 0.3) is 0 Å². The van der Waals surface area contributed by atoms with Crippen molar-refractivity contribution in [3.8, 4) is 0 Å². The molecule has 1 saturated heterocycles. The molecule has 0 amide bonds. The van der Waals surface area contributed by atoms with Crippen molar-refractivity contribution in [3.63, 3.8) is 0 Å². The number of aromatic nitrogens is 4. The van der Waals surface area contributed by atoms with Crippen molar-refractivity contribution in [3.05, 3.63) is 40.5 Å². The summed E-state index contributed by atoms with van der Waals surface area (Å²) in [5, 5.41) is 1.21. The van der Waals surface area contributed by atoms with Gasteiger partial charge in [-0.05, 0) is 43.7 Å². The Morgan fingerprint density at radius 1 is 1.00 bits per heavy atom. The molecule has 0 aromatic carbocycles. The van der Waals surface area contributed by atoms with Crippen molar-refractivity contribution in [2.75, 3.05) is 18.0 Å². The van der Waals surface area contributed by atoms with E-state index in [9.17, 15) is 0 Å². The maximum Gasteiger partial charge on any atom is 0.141 e. The van der Waals surface area contributed by atoms with Crippen molar-refractivity contribution in [1.29, 1.82) is 0 Å². The van der Waals surface area contributed by atoms with E-state index in [1.54, 1.807) is 17.7 Å². The van der Waals surface area contributed by atoms with Gasteiger partial charge < -0.3 is 4.90 Å². The third-order valence-corrected chi connectivity index (χ3v) is 6.35. The van der Waals surface area contributed by atoms with Crippen molar-refractivity contribution in [1.82, 2.24) is 19.9 Å². The maximum absolute atomic E-state index is 4.61. The number of aryl methyl sites for hydroxylation is 2. The molecule has 0 unspecified atom stereocenters. The summed E-state index contributed by atoms with van der Waals surface area (Å²) in [4.78, 5) is 22.9. The molecule has 24 heavy (non-hydrogen) atoms. The third kappa shape index (κ3) is 2.20. The van der Waals surface area contributed by atoms with Crippen LogP contribution >= 0.6 is 11.3 Å².